The van der Waals surface area contributed by atoms with Crippen LogP contribution in [0.5, 0.6) is 0 Å². The van der Waals surface area contributed by atoms with Crippen LogP contribution in [-0.4, -0.2) is 0 Å². The van der Waals surface area contributed by atoms with E-state index in [1.54, 1.807) is 13.8 Å². The van der Waals surface area contributed by atoms with Crippen LogP contribution < -0.4 is 0 Å². The zero-order valence-electron chi connectivity index (χ0n) is 6.54. The van der Waals surface area contributed by atoms with Crippen LogP contribution in [0.25, 0.3) is 0 Å². The molecular weight excluding hydrogens is 146 g/mol. The second-order valence-electron chi connectivity index (χ2n) is 2.57. The first kappa shape index (κ1) is 8.18. The molecule has 1 radical (unpaired) electrons. The molecule has 11 heavy (non-hydrogen) atoms. The number of halogens is 2. The third-order valence-electron chi connectivity index (χ3n) is 1.88. The average Bonchev–Trinajstić information content (AvgIpc) is 1.97. The number of hydrogen-bond acceptors (Lipinski definition) is 0. The van der Waals surface area contributed by atoms with Gasteiger partial charge in [0.25, 0.3) is 0 Å². The monoisotopic (exact) mass is 155 g/mol. The second-order valence-corrected chi connectivity index (χ2v) is 2.57. The summed E-state index contributed by atoms with van der Waals surface area (Å²) in [6.07, 6.45) is 0. The first-order valence-corrected chi connectivity index (χ1v) is 3.31. The van der Waals surface area contributed by atoms with Crippen molar-refractivity contribution in [2.75, 3.05) is 0 Å². The Kier molecular flexibility index (Phi) is 1.94. The zero-order valence-corrected chi connectivity index (χ0v) is 6.54. The van der Waals surface area contributed by atoms with E-state index in [4.69, 9.17) is 0 Å². The summed E-state index contributed by atoms with van der Waals surface area (Å²) in [6.45, 7) is 6.74. The summed E-state index contributed by atoms with van der Waals surface area (Å²) in [4.78, 5) is 0. The molecule has 2 heteroatoms. The van der Waals surface area contributed by atoms with Crippen molar-refractivity contribution in [1.29, 1.82) is 0 Å². The van der Waals surface area contributed by atoms with E-state index in [9.17, 15) is 8.78 Å². The van der Waals surface area contributed by atoms with Gasteiger partial charge in [-0.05, 0) is 37.5 Å². The van der Waals surface area contributed by atoms with Crippen LogP contribution >= 0.6 is 0 Å². The van der Waals surface area contributed by atoms with E-state index < -0.39 is 11.6 Å². The minimum atomic E-state index is -0.530. The molecule has 1 aromatic carbocycles. The average molecular weight is 155 g/mol. The summed E-state index contributed by atoms with van der Waals surface area (Å²) in [5, 5.41) is 0. The van der Waals surface area contributed by atoms with Gasteiger partial charge < -0.3 is 0 Å². The third-order valence-corrected chi connectivity index (χ3v) is 1.88. The molecule has 0 aliphatic carbocycles. The highest BCUT2D eigenvalue weighted by Gasteiger charge is 2.07. The Labute approximate surface area is 64.9 Å². The molecule has 0 aliphatic rings. The molecule has 0 N–H and O–H groups in total. The highest BCUT2D eigenvalue weighted by Crippen LogP contribution is 2.18. The lowest BCUT2D eigenvalue weighted by Gasteiger charge is -2.05. The standard InChI is InChI=1S/C9H9F2/c1-5-6(2)8(10)4-9(11)7(5)3/h4H,1H2,2-3H3. The zero-order chi connectivity index (χ0) is 8.59. The van der Waals surface area contributed by atoms with Crippen molar-refractivity contribution in [2.45, 2.75) is 13.8 Å². The second kappa shape index (κ2) is 2.61. The highest BCUT2D eigenvalue weighted by molar-refractivity contribution is 5.37. The topological polar surface area (TPSA) is 0 Å². The van der Waals surface area contributed by atoms with Crippen molar-refractivity contribution < 1.29 is 8.78 Å². The first-order valence-electron chi connectivity index (χ1n) is 3.31. The predicted molar refractivity (Wildman–Crippen MR) is 40.3 cm³/mol. The molecule has 0 saturated heterocycles. The van der Waals surface area contributed by atoms with Gasteiger partial charge in [0.2, 0.25) is 0 Å². The van der Waals surface area contributed by atoms with Crippen LogP contribution in [0, 0.1) is 32.4 Å². The largest absolute Gasteiger partial charge is 0.207 e. The van der Waals surface area contributed by atoms with Crippen molar-refractivity contribution in [2.24, 2.45) is 0 Å². The van der Waals surface area contributed by atoms with Crippen LogP contribution in [0.3, 0.4) is 0 Å². The van der Waals surface area contributed by atoms with Gasteiger partial charge in [-0.3, -0.25) is 0 Å². The first-order chi connectivity index (χ1) is 5.04. The lowest BCUT2D eigenvalue weighted by molar-refractivity contribution is 0.570. The van der Waals surface area contributed by atoms with Crippen LogP contribution in [-0.2, 0) is 0 Å². The van der Waals surface area contributed by atoms with E-state index in [2.05, 4.69) is 6.92 Å². The summed E-state index contributed by atoms with van der Waals surface area (Å²) in [5.74, 6) is -1.06. The van der Waals surface area contributed by atoms with Gasteiger partial charge in [-0.1, -0.05) is 0 Å². The number of hydrogen-bond donors (Lipinski definition) is 0. The summed E-state index contributed by atoms with van der Waals surface area (Å²) >= 11 is 0. The number of rotatable bonds is 0. The molecule has 1 aromatic rings. The normalized spacial score (nSPS) is 10.3. The van der Waals surface area contributed by atoms with Gasteiger partial charge in [0.05, 0.1) is 0 Å². The van der Waals surface area contributed by atoms with Crippen LogP contribution in [0.4, 0.5) is 8.78 Å². The van der Waals surface area contributed by atoms with Crippen molar-refractivity contribution in [1.82, 2.24) is 0 Å². The SMILES string of the molecule is [CH2]c1c(C)c(F)cc(F)c1C. The maximum absolute atomic E-state index is 12.7. The van der Waals surface area contributed by atoms with Crippen LogP contribution in [0.1, 0.15) is 16.7 Å². The molecule has 0 bridgehead atoms. The Hall–Kier alpha value is -0.920. The van der Waals surface area contributed by atoms with Gasteiger partial charge in [-0.25, -0.2) is 8.78 Å². The summed E-state index contributed by atoms with van der Waals surface area (Å²) < 4.78 is 25.5. The molecule has 0 saturated carbocycles. The van der Waals surface area contributed by atoms with E-state index >= 15 is 0 Å². The molecular formula is C9H9F2. The van der Waals surface area contributed by atoms with Crippen molar-refractivity contribution in [3.05, 3.63) is 41.3 Å². The maximum atomic E-state index is 12.7. The fraction of sp³-hybridized carbons (Fsp3) is 0.222. The Morgan fingerprint density at radius 3 is 1.82 bits per heavy atom. The Morgan fingerprint density at radius 1 is 1.09 bits per heavy atom. The summed E-state index contributed by atoms with van der Waals surface area (Å²) in [5.41, 5.74) is 1.29. The fourth-order valence-electron chi connectivity index (χ4n) is 0.897. The van der Waals surface area contributed by atoms with Gasteiger partial charge >= 0.3 is 0 Å². The molecule has 0 unspecified atom stereocenters. The minimum absolute atomic E-state index is 0.420. The predicted octanol–water partition coefficient (Wildman–Crippen LogP) is 2.76. The summed E-state index contributed by atoms with van der Waals surface area (Å²) in [6, 6.07) is 0.888. The van der Waals surface area contributed by atoms with Gasteiger partial charge in [0.1, 0.15) is 11.6 Å². The number of benzene rings is 1. The maximum Gasteiger partial charge on any atom is 0.129 e. The lowest BCUT2D eigenvalue weighted by atomic mass is 10.0. The van der Waals surface area contributed by atoms with Gasteiger partial charge in [0.15, 0.2) is 0 Å². The Bertz CT molecular complexity index is 264. The lowest BCUT2D eigenvalue weighted by Crippen LogP contribution is -1.94. The molecule has 0 atom stereocenters. The molecule has 59 valence electrons. The molecule has 0 spiro atoms. The van der Waals surface area contributed by atoms with E-state index in [-0.39, 0.29) is 0 Å². The van der Waals surface area contributed by atoms with E-state index in [1.807, 2.05) is 0 Å². The minimum Gasteiger partial charge on any atom is -0.207 e. The Morgan fingerprint density at radius 2 is 1.45 bits per heavy atom. The molecule has 0 amide bonds. The summed E-state index contributed by atoms with van der Waals surface area (Å²) in [7, 11) is 0. The highest BCUT2D eigenvalue weighted by atomic mass is 19.1. The molecule has 1 rings (SSSR count). The van der Waals surface area contributed by atoms with E-state index in [1.165, 1.54) is 0 Å². The van der Waals surface area contributed by atoms with Crippen LogP contribution in [0.2, 0.25) is 0 Å². The van der Waals surface area contributed by atoms with Crippen LogP contribution in [0.15, 0.2) is 6.07 Å². The van der Waals surface area contributed by atoms with E-state index in [0.717, 1.165) is 6.07 Å². The van der Waals surface area contributed by atoms with E-state index in [0.29, 0.717) is 16.7 Å². The van der Waals surface area contributed by atoms with Gasteiger partial charge in [-0.2, -0.15) is 0 Å². The van der Waals surface area contributed by atoms with Crippen molar-refractivity contribution in [3.8, 4) is 0 Å². The van der Waals surface area contributed by atoms with Crippen molar-refractivity contribution in [3.63, 3.8) is 0 Å². The molecule has 0 fully saturated rings. The smallest absolute Gasteiger partial charge is 0.129 e. The fourth-order valence-corrected chi connectivity index (χ4v) is 0.897. The molecule has 0 nitrogen and oxygen atoms in total. The van der Waals surface area contributed by atoms with Crippen molar-refractivity contribution >= 4 is 0 Å². The quantitative estimate of drug-likeness (QED) is 0.540. The molecule has 0 aliphatic heterocycles. The molecule has 0 aromatic heterocycles. The van der Waals surface area contributed by atoms with Gasteiger partial charge in [0, 0.05) is 6.07 Å². The third kappa shape index (κ3) is 1.25. The Balaban J connectivity index is 3.46. The molecule has 0 heterocycles. The van der Waals surface area contributed by atoms with Gasteiger partial charge in [-0.15, -0.1) is 0 Å².